The highest BCUT2D eigenvalue weighted by molar-refractivity contribution is 5.49. The maximum absolute atomic E-state index is 5.56. The molecule has 1 heterocycles. The molecule has 0 bridgehead atoms. The highest BCUT2D eigenvalue weighted by Gasteiger charge is 2.07. The quantitative estimate of drug-likeness (QED) is 0.741. The van der Waals surface area contributed by atoms with Crippen LogP contribution in [0.2, 0.25) is 0 Å². The number of hydrogen-bond acceptors (Lipinski definition) is 4. The van der Waals surface area contributed by atoms with Crippen LogP contribution in [-0.2, 0) is 0 Å². The Morgan fingerprint density at radius 1 is 1.56 bits per heavy atom. The summed E-state index contributed by atoms with van der Waals surface area (Å²) in [6.45, 7) is 3.80. The zero-order valence-electron chi connectivity index (χ0n) is 10.1. The van der Waals surface area contributed by atoms with Crippen molar-refractivity contribution in [2.45, 2.75) is 19.8 Å². The van der Waals surface area contributed by atoms with Crippen molar-refractivity contribution >= 4 is 5.82 Å². The Morgan fingerprint density at radius 3 is 3.00 bits per heavy atom. The molecule has 1 aromatic rings. The van der Waals surface area contributed by atoms with E-state index in [9.17, 15) is 0 Å². The molecular weight excluding hydrogens is 202 g/mol. The van der Waals surface area contributed by atoms with Crippen LogP contribution in [0.5, 0.6) is 5.75 Å². The summed E-state index contributed by atoms with van der Waals surface area (Å²) in [6.07, 6.45) is 3.92. The molecule has 4 nitrogen and oxygen atoms in total. The summed E-state index contributed by atoms with van der Waals surface area (Å²) >= 11 is 0. The van der Waals surface area contributed by atoms with E-state index >= 15 is 0 Å². The minimum Gasteiger partial charge on any atom is -0.493 e. The zero-order chi connectivity index (χ0) is 11.8. The monoisotopic (exact) mass is 223 g/mol. The van der Waals surface area contributed by atoms with Gasteiger partial charge in [0.15, 0.2) is 11.6 Å². The van der Waals surface area contributed by atoms with Crippen molar-refractivity contribution in [1.82, 2.24) is 4.98 Å². The standard InChI is InChI=1S/C12H21N3O/c1-3-10(6-7-13)9-15-12-11(16-2)5-4-8-14-12/h4-5,8,10H,3,6-7,9,13H2,1-2H3,(H,14,15). The minimum absolute atomic E-state index is 0.594. The molecule has 0 spiro atoms. The van der Waals surface area contributed by atoms with E-state index in [1.54, 1.807) is 13.3 Å². The van der Waals surface area contributed by atoms with Gasteiger partial charge in [-0.3, -0.25) is 0 Å². The third-order valence-corrected chi connectivity index (χ3v) is 2.70. The SMILES string of the molecule is CCC(CCN)CNc1ncccc1OC. The Labute approximate surface area is 97.2 Å². The zero-order valence-corrected chi connectivity index (χ0v) is 10.1. The summed E-state index contributed by atoms with van der Waals surface area (Å²) in [4.78, 5) is 4.25. The van der Waals surface area contributed by atoms with Crippen molar-refractivity contribution in [3.63, 3.8) is 0 Å². The summed E-state index contributed by atoms with van der Waals surface area (Å²) in [6, 6.07) is 3.76. The average molecular weight is 223 g/mol. The number of nitrogens with zero attached hydrogens (tertiary/aromatic N) is 1. The van der Waals surface area contributed by atoms with Gasteiger partial charge in [-0.15, -0.1) is 0 Å². The third-order valence-electron chi connectivity index (χ3n) is 2.70. The number of ether oxygens (including phenoxy) is 1. The van der Waals surface area contributed by atoms with Gasteiger partial charge in [0.2, 0.25) is 0 Å². The van der Waals surface area contributed by atoms with Crippen LogP contribution in [-0.4, -0.2) is 25.2 Å². The van der Waals surface area contributed by atoms with Crippen molar-refractivity contribution in [3.8, 4) is 5.75 Å². The maximum Gasteiger partial charge on any atom is 0.168 e. The van der Waals surface area contributed by atoms with Crippen molar-refractivity contribution in [1.29, 1.82) is 0 Å². The molecular formula is C12H21N3O. The first-order chi connectivity index (χ1) is 7.81. The number of aromatic nitrogens is 1. The van der Waals surface area contributed by atoms with E-state index in [4.69, 9.17) is 10.5 Å². The van der Waals surface area contributed by atoms with Gasteiger partial charge < -0.3 is 15.8 Å². The first kappa shape index (κ1) is 12.8. The van der Waals surface area contributed by atoms with E-state index in [2.05, 4.69) is 17.2 Å². The molecule has 0 aromatic carbocycles. The second kappa shape index (κ2) is 7.06. The molecule has 1 atom stereocenters. The first-order valence-electron chi connectivity index (χ1n) is 5.74. The van der Waals surface area contributed by atoms with Gasteiger partial charge in [-0.1, -0.05) is 13.3 Å². The van der Waals surface area contributed by atoms with Crippen molar-refractivity contribution in [2.75, 3.05) is 25.5 Å². The van der Waals surface area contributed by atoms with Crippen molar-refractivity contribution in [2.24, 2.45) is 11.7 Å². The fourth-order valence-electron chi connectivity index (χ4n) is 1.62. The number of nitrogens with two attached hydrogens (primary N) is 1. The van der Waals surface area contributed by atoms with E-state index in [-0.39, 0.29) is 0 Å². The number of rotatable bonds is 7. The molecule has 1 aromatic heterocycles. The maximum atomic E-state index is 5.56. The summed E-state index contributed by atoms with van der Waals surface area (Å²) < 4.78 is 5.22. The van der Waals surface area contributed by atoms with Crippen LogP contribution in [0, 0.1) is 5.92 Å². The van der Waals surface area contributed by atoms with E-state index in [0.717, 1.165) is 37.5 Å². The Balaban J connectivity index is 2.52. The Kier molecular flexibility index (Phi) is 5.64. The number of nitrogens with one attached hydrogen (secondary N) is 1. The van der Waals surface area contributed by atoms with E-state index in [1.807, 2.05) is 12.1 Å². The van der Waals surface area contributed by atoms with Crippen LogP contribution in [0.25, 0.3) is 0 Å². The van der Waals surface area contributed by atoms with E-state index < -0.39 is 0 Å². The fourth-order valence-corrected chi connectivity index (χ4v) is 1.62. The van der Waals surface area contributed by atoms with Gasteiger partial charge in [0, 0.05) is 12.7 Å². The summed E-state index contributed by atoms with van der Waals surface area (Å²) in [5.74, 6) is 2.18. The van der Waals surface area contributed by atoms with Crippen LogP contribution in [0.4, 0.5) is 5.82 Å². The lowest BCUT2D eigenvalue weighted by Crippen LogP contribution is -2.18. The Morgan fingerprint density at radius 2 is 2.38 bits per heavy atom. The molecule has 0 aliphatic rings. The number of methoxy groups -OCH3 is 1. The van der Waals surface area contributed by atoms with E-state index in [1.165, 1.54) is 0 Å². The molecule has 3 N–H and O–H groups in total. The molecule has 0 fully saturated rings. The smallest absolute Gasteiger partial charge is 0.168 e. The molecule has 0 saturated heterocycles. The lowest BCUT2D eigenvalue weighted by molar-refractivity contribution is 0.413. The van der Waals surface area contributed by atoms with Gasteiger partial charge >= 0.3 is 0 Å². The van der Waals surface area contributed by atoms with Gasteiger partial charge in [-0.25, -0.2) is 4.98 Å². The van der Waals surface area contributed by atoms with Crippen LogP contribution < -0.4 is 15.8 Å². The summed E-state index contributed by atoms with van der Waals surface area (Å²) in [5, 5.41) is 3.31. The van der Waals surface area contributed by atoms with Crippen molar-refractivity contribution < 1.29 is 4.74 Å². The number of pyridine rings is 1. The Hall–Kier alpha value is -1.29. The highest BCUT2D eigenvalue weighted by Crippen LogP contribution is 2.20. The molecule has 0 aliphatic carbocycles. The second-order valence-electron chi connectivity index (χ2n) is 3.79. The van der Waals surface area contributed by atoms with Gasteiger partial charge in [0.25, 0.3) is 0 Å². The largest absolute Gasteiger partial charge is 0.493 e. The third kappa shape index (κ3) is 3.70. The van der Waals surface area contributed by atoms with E-state index in [0.29, 0.717) is 5.92 Å². The van der Waals surface area contributed by atoms with Gasteiger partial charge in [0.05, 0.1) is 7.11 Å². The van der Waals surface area contributed by atoms with Gasteiger partial charge in [0.1, 0.15) is 0 Å². The van der Waals surface area contributed by atoms with Crippen LogP contribution >= 0.6 is 0 Å². The molecule has 16 heavy (non-hydrogen) atoms. The predicted molar refractivity (Wildman–Crippen MR) is 66.7 cm³/mol. The second-order valence-corrected chi connectivity index (χ2v) is 3.79. The molecule has 0 saturated carbocycles. The minimum atomic E-state index is 0.594. The summed E-state index contributed by atoms with van der Waals surface area (Å²) in [7, 11) is 1.65. The number of anilines is 1. The fraction of sp³-hybridized carbons (Fsp3) is 0.583. The van der Waals surface area contributed by atoms with Gasteiger partial charge in [-0.2, -0.15) is 0 Å². The molecule has 0 amide bonds. The lowest BCUT2D eigenvalue weighted by atomic mass is 10.0. The molecule has 1 unspecified atom stereocenters. The molecule has 0 aliphatic heterocycles. The van der Waals surface area contributed by atoms with Gasteiger partial charge in [-0.05, 0) is 31.0 Å². The lowest BCUT2D eigenvalue weighted by Gasteiger charge is -2.16. The molecule has 0 radical (unpaired) electrons. The molecule has 4 heteroatoms. The molecule has 1 rings (SSSR count). The van der Waals surface area contributed by atoms with Crippen LogP contribution in [0.3, 0.4) is 0 Å². The first-order valence-corrected chi connectivity index (χ1v) is 5.74. The van der Waals surface area contributed by atoms with Crippen LogP contribution in [0.15, 0.2) is 18.3 Å². The molecule has 90 valence electrons. The summed E-state index contributed by atoms with van der Waals surface area (Å²) in [5.41, 5.74) is 5.56. The Bertz CT molecular complexity index is 304. The number of hydrogen-bond donors (Lipinski definition) is 2. The topological polar surface area (TPSA) is 60.2 Å². The van der Waals surface area contributed by atoms with Crippen LogP contribution in [0.1, 0.15) is 19.8 Å². The predicted octanol–water partition coefficient (Wildman–Crippen LogP) is 1.88. The van der Waals surface area contributed by atoms with Crippen molar-refractivity contribution in [3.05, 3.63) is 18.3 Å². The highest BCUT2D eigenvalue weighted by atomic mass is 16.5. The normalized spacial score (nSPS) is 12.2. The average Bonchev–Trinajstić information content (AvgIpc) is 2.34.